The number of amides is 4. The first-order chi connectivity index (χ1) is 22.2. The van der Waals surface area contributed by atoms with Gasteiger partial charge in [-0.1, -0.05) is 111 Å². The van der Waals surface area contributed by atoms with Crippen molar-refractivity contribution in [3.05, 3.63) is 108 Å². The Kier molecular flexibility index (Phi) is 12.1. The summed E-state index contributed by atoms with van der Waals surface area (Å²) in [5.41, 5.74) is 2.77. The first-order valence-corrected chi connectivity index (χ1v) is 16.2. The Bertz CT molecular complexity index is 1410. The fourth-order valence-electron chi connectivity index (χ4n) is 5.97. The molecule has 1 aliphatic heterocycles. The van der Waals surface area contributed by atoms with E-state index >= 15 is 0 Å². The molecule has 1 fully saturated rings. The van der Waals surface area contributed by atoms with Gasteiger partial charge >= 0.3 is 0 Å². The van der Waals surface area contributed by atoms with Crippen molar-refractivity contribution in [3.63, 3.8) is 0 Å². The van der Waals surface area contributed by atoms with E-state index in [0.717, 1.165) is 16.7 Å². The third-order valence-corrected chi connectivity index (χ3v) is 9.03. The molecular formula is C37H47N5O4. The molecule has 4 amide bonds. The van der Waals surface area contributed by atoms with Crippen molar-refractivity contribution in [1.82, 2.24) is 26.2 Å². The maximum absolute atomic E-state index is 14.1. The van der Waals surface area contributed by atoms with Crippen LogP contribution in [0.1, 0.15) is 75.7 Å². The molecule has 0 bridgehead atoms. The predicted octanol–water partition coefficient (Wildman–Crippen LogP) is 4.27. The van der Waals surface area contributed by atoms with Gasteiger partial charge in [-0.2, -0.15) is 0 Å². The number of nitrogens with zero attached hydrogens (tertiary/aromatic N) is 1. The van der Waals surface area contributed by atoms with Gasteiger partial charge in [-0.3, -0.25) is 19.2 Å². The number of hydrogen-bond donors (Lipinski definition) is 4. The highest BCUT2D eigenvalue weighted by Crippen LogP contribution is 2.37. The van der Waals surface area contributed by atoms with Crippen molar-refractivity contribution in [2.45, 2.75) is 83.2 Å². The Morgan fingerprint density at radius 2 is 1.26 bits per heavy atom. The van der Waals surface area contributed by atoms with Crippen LogP contribution in [0, 0.1) is 5.92 Å². The van der Waals surface area contributed by atoms with Gasteiger partial charge in [0.05, 0.1) is 18.1 Å². The van der Waals surface area contributed by atoms with Gasteiger partial charge < -0.3 is 26.2 Å². The first kappa shape index (κ1) is 34.4. The van der Waals surface area contributed by atoms with E-state index in [0.29, 0.717) is 19.3 Å². The second kappa shape index (κ2) is 16.2. The molecule has 9 heteroatoms. The molecule has 3 aromatic rings. The number of likely N-dealkylation sites (tertiary alicyclic amines) is 1. The monoisotopic (exact) mass is 625 g/mol. The minimum absolute atomic E-state index is 0.173. The van der Waals surface area contributed by atoms with Gasteiger partial charge in [0.15, 0.2) is 0 Å². The minimum Gasteiger partial charge on any atom is -0.343 e. The Morgan fingerprint density at radius 1 is 0.717 bits per heavy atom. The van der Waals surface area contributed by atoms with Crippen molar-refractivity contribution < 1.29 is 19.2 Å². The van der Waals surface area contributed by atoms with E-state index in [1.807, 2.05) is 105 Å². The molecular weight excluding hydrogens is 578 g/mol. The third kappa shape index (κ3) is 8.20. The molecule has 0 aromatic heterocycles. The highest BCUT2D eigenvalue weighted by atomic mass is 16.2. The van der Waals surface area contributed by atoms with Gasteiger partial charge in [0.1, 0.15) is 18.1 Å². The normalized spacial score (nSPS) is 18.7. The fourth-order valence-corrected chi connectivity index (χ4v) is 5.97. The summed E-state index contributed by atoms with van der Waals surface area (Å²) in [7, 11) is 1.68. The molecule has 1 saturated heterocycles. The van der Waals surface area contributed by atoms with Crippen LogP contribution in [0.4, 0.5) is 0 Å². The van der Waals surface area contributed by atoms with Crippen LogP contribution in [0.15, 0.2) is 91.0 Å². The van der Waals surface area contributed by atoms with Gasteiger partial charge in [-0.05, 0) is 56.3 Å². The SMILES string of the molecule is CCC(C)C(NC(=O)[C@@H]1CC[C@H](c2ccccc2)N1C(=O)C(C)NC(=O)C(C)NC)C(=O)NC(c1ccccc1)c1ccccc1. The molecule has 0 spiro atoms. The quantitative estimate of drug-likeness (QED) is 0.226. The minimum atomic E-state index is -0.853. The lowest BCUT2D eigenvalue weighted by molar-refractivity contribution is -0.144. The summed E-state index contributed by atoms with van der Waals surface area (Å²) in [6.07, 6.45) is 1.66. The molecule has 1 aliphatic rings. The predicted molar refractivity (Wildman–Crippen MR) is 179 cm³/mol. The van der Waals surface area contributed by atoms with E-state index in [-0.39, 0.29) is 35.6 Å². The molecule has 4 N–H and O–H groups in total. The molecule has 9 nitrogen and oxygen atoms in total. The highest BCUT2D eigenvalue weighted by Gasteiger charge is 2.44. The van der Waals surface area contributed by atoms with Crippen LogP contribution < -0.4 is 21.3 Å². The second-order valence-electron chi connectivity index (χ2n) is 12.1. The van der Waals surface area contributed by atoms with E-state index in [9.17, 15) is 19.2 Å². The Balaban J connectivity index is 1.59. The third-order valence-electron chi connectivity index (χ3n) is 9.03. The van der Waals surface area contributed by atoms with Crippen LogP contribution in [0.2, 0.25) is 0 Å². The largest absolute Gasteiger partial charge is 0.343 e. The summed E-state index contributed by atoms with van der Waals surface area (Å²) in [6.45, 7) is 7.28. The maximum Gasteiger partial charge on any atom is 0.246 e. The number of benzene rings is 3. The topological polar surface area (TPSA) is 120 Å². The summed E-state index contributed by atoms with van der Waals surface area (Å²) in [5.74, 6) is -1.50. The summed E-state index contributed by atoms with van der Waals surface area (Å²) >= 11 is 0. The summed E-state index contributed by atoms with van der Waals surface area (Å²) in [4.78, 5) is 56.3. The van der Waals surface area contributed by atoms with Gasteiger partial charge in [0.2, 0.25) is 23.6 Å². The standard InChI is InChI=1S/C37H47N5O4/c1-6-24(2)32(36(45)41-33(28-18-12-8-13-19-28)29-20-14-9-15-21-29)40-35(44)31-23-22-30(27-16-10-7-11-17-27)42(31)37(46)26(4)39-34(43)25(3)38-5/h7-21,24-26,30-33,38H,6,22-23H2,1-5H3,(H,39,43)(H,40,44)(H,41,45)/t24?,25?,26?,30-,31+,32?/m1/s1. The molecule has 0 radical (unpaired) electrons. The van der Waals surface area contributed by atoms with Crippen LogP contribution in [-0.2, 0) is 19.2 Å². The van der Waals surface area contributed by atoms with Crippen LogP contribution in [0.5, 0.6) is 0 Å². The molecule has 3 aromatic carbocycles. The second-order valence-corrected chi connectivity index (χ2v) is 12.1. The van der Waals surface area contributed by atoms with Crippen LogP contribution in [-0.4, -0.2) is 59.7 Å². The Hall–Kier alpha value is -4.50. The zero-order valence-corrected chi connectivity index (χ0v) is 27.4. The smallest absolute Gasteiger partial charge is 0.246 e. The van der Waals surface area contributed by atoms with E-state index < -0.39 is 30.2 Å². The molecule has 244 valence electrons. The fraction of sp³-hybridized carbons (Fsp3) is 0.405. The average Bonchev–Trinajstić information content (AvgIpc) is 3.54. The molecule has 46 heavy (non-hydrogen) atoms. The molecule has 4 rings (SSSR count). The van der Waals surface area contributed by atoms with Gasteiger partial charge in [-0.15, -0.1) is 0 Å². The maximum atomic E-state index is 14.1. The molecule has 4 unspecified atom stereocenters. The van der Waals surface area contributed by atoms with Gasteiger partial charge in [0, 0.05) is 0 Å². The molecule has 0 saturated carbocycles. The lowest BCUT2D eigenvalue weighted by Gasteiger charge is -2.34. The van der Waals surface area contributed by atoms with Crippen molar-refractivity contribution in [1.29, 1.82) is 0 Å². The number of rotatable bonds is 13. The van der Waals surface area contributed by atoms with Gasteiger partial charge in [-0.25, -0.2) is 0 Å². The van der Waals surface area contributed by atoms with Crippen molar-refractivity contribution >= 4 is 23.6 Å². The summed E-state index contributed by atoms with van der Waals surface area (Å²) < 4.78 is 0. The first-order valence-electron chi connectivity index (χ1n) is 16.2. The molecule has 0 aliphatic carbocycles. The number of likely N-dealkylation sites (N-methyl/N-ethyl adjacent to an activating group) is 1. The van der Waals surface area contributed by atoms with E-state index in [1.165, 1.54) is 0 Å². The number of nitrogens with one attached hydrogen (secondary N) is 4. The van der Waals surface area contributed by atoms with Crippen molar-refractivity contribution in [2.24, 2.45) is 5.92 Å². The van der Waals surface area contributed by atoms with E-state index in [4.69, 9.17) is 0 Å². The number of carbonyl (C=O) groups is 4. The average molecular weight is 626 g/mol. The lowest BCUT2D eigenvalue weighted by Crippen LogP contribution is -2.58. The van der Waals surface area contributed by atoms with Gasteiger partial charge in [0.25, 0.3) is 0 Å². The lowest BCUT2D eigenvalue weighted by atomic mass is 9.95. The zero-order chi connectivity index (χ0) is 33.2. The molecule has 6 atom stereocenters. The van der Waals surface area contributed by atoms with Crippen LogP contribution in [0.25, 0.3) is 0 Å². The van der Waals surface area contributed by atoms with Crippen molar-refractivity contribution in [2.75, 3.05) is 7.05 Å². The summed E-state index contributed by atoms with van der Waals surface area (Å²) in [5, 5.41) is 11.9. The zero-order valence-electron chi connectivity index (χ0n) is 27.4. The van der Waals surface area contributed by atoms with Crippen molar-refractivity contribution in [3.8, 4) is 0 Å². The Labute approximate surface area is 272 Å². The van der Waals surface area contributed by atoms with E-state index in [1.54, 1.807) is 25.8 Å². The number of carbonyl (C=O) groups excluding carboxylic acids is 4. The van der Waals surface area contributed by atoms with E-state index in [2.05, 4.69) is 21.3 Å². The summed E-state index contributed by atoms with van der Waals surface area (Å²) in [6, 6.07) is 25.4. The van der Waals surface area contributed by atoms with Crippen LogP contribution >= 0.6 is 0 Å². The highest BCUT2D eigenvalue weighted by molar-refractivity contribution is 5.95. The Morgan fingerprint density at radius 3 is 1.78 bits per heavy atom. The molecule has 1 heterocycles. The van der Waals surface area contributed by atoms with Crippen LogP contribution in [0.3, 0.4) is 0 Å². The number of hydrogen-bond acceptors (Lipinski definition) is 5.